The van der Waals surface area contributed by atoms with Crippen LogP contribution in [-0.2, 0) is 9.53 Å². The lowest BCUT2D eigenvalue weighted by Crippen LogP contribution is -2.41. The van der Waals surface area contributed by atoms with Gasteiger partial charge in [-0.2, -0.15) is 0 Å². The lowest BCUT2D eigenvalue weighted by molar-refractivity contribution is -0.122. The summed E-state index contributed by atoms with van der Waals surface area (Å²) in [5, 5.41) is 21.0. The Kier molecular flexibility index (Phi) is 8.15. The monoisotopic (exact) mass is 233 g/mol. The molecule has 0 aromatic carbocycles. The molecule has 3 N–H and O–H groups in total. The molecular weight excluding hydrogens is 210 g/mol. The molecule has 0 heterocycles. The van der Waals surface area contributed by atoms with E-state index in [1.54, 1.807) is 14.0 Å². The third-order valence-electron chi connectivity index (χ3n) is 2.32. The van der Waals surface area contributed by atoms with E-state index in [2.05, 4.69) is 5.32 Å². The van der Waals surface area contributed by atoms with Crippen molar-refractivity contribution in [3.8, 4) is 0 Å². The predicted molar refractivity (Wildman–Crippen MR) is 61.1 cm³/mol. The van der Waals surface area contributed by atoms with Gasteiger partial charge in [0.05, 0.1) is 5.60 Å². The number of rotatable bonds is 9. The van der Waals surface area contributed by atoms with Crippen LogP contribution in [-0.4, -0.2) is 48.6 Å². The van der Waals surface area contributed by atoms with Crippen LogP contribution in [0.5, 0.6) is 0 Å². The zero-order valence-corrected chi connectivity index (χ0v) is 10.2. The quantitative estimate of drug-likeness (QED) is 0.492. The molecule has 1 unspecified atom stereocenters. The average molecular weight is 233 g/mol. The Hall–Kier alpha value is -0.650. The van der Waals surface area contributed by atoms with E-state index < -0.39 is 5.60 Å². The lowest BCUT2D eigenvalue weighted by atomic mass is 10.0. The SMILES string of the molecule is COCCC(C)(O)CNC(=O)CCCCO. The molecule has 16 heavy (non-hydrogen) atoms. The molecule has 0 radical (unpaired) electrons. The summed E-state index contributed by atoms with van der Waals surface area (Å²) in [6.07, 6.45) is 2.18. The van der Waals surface area contributed by atoms with Gasteiger partial charge in [0.1, 0.15) is 0 Å². The Labute approximate surface area is 96.8 Å². The highest BCUT2D eigenvalue weighted by Gasteiger charge is 2.20. The molecule has 0 saturated heterocycles. The van der Waals surface area contributed by atoms with E-state index in [1.165, 1.54) is 0 Å². The first kappa shape index (κ1) is 15.3. The minimum Gasteiger partial charge on any atom is -0.396 e. The van der Waals surface area contributed by atoms with E-state index in [4.69, 9.17) is 9.84 Å². The molecule has 5 heteroatoms. The number of hydrogen-bond donors (Lipinski definition) is 3. The predicted octanol–water partition coefficient (Wildman–Crippen LogP) is 0.0527. The second-order valence-corrected chi connectivity index (χ2v) is 4.20. The topological polar surface area (TPSA) is 78.8 Å². The standard InChI is InChI=1S/C11H23NO4/c1-11(15,6-8-16-2)9-12-10(14)5-3-4-7-13/h13,15H,3-9H2,1-2H3,(H,12,14). The first-order valence-corrected chi connectivity index (χ1v) is 5.61. The maximum Gasteiger partial charge on any atom is 0.220 e. The number of amides is 1. The fourth-order valence-corrected chi connectivity index (χ4v) is 1.19. The van der Waals surface area contributed by atoms with Crippen molar-refractivity contribution >= 4 is 5.91 Å². The van der Waals surface area contributed by atoms with Gasteiger partial charge < -0.3 is 20.3 Å². The molecule has 0 aliphatic heterocycles. The fourth-order valence-electron chi connectivity index (χ4n) is 1.19. The van der Waals surface area contributed by atoms with E-state index in [1.807, 2.05) is 0 Å². The zero-order chi connectivity index (χ0) is 12.4. The van der Waals surface area contributed by atoms with Crippen LogP contribution in [0.25, 0.3) is 0 Å². The number of hydrogen-bond acceptors (Lipinski definition) is 4. The summed E-state index contributed by atoms with van der Waals surface area (Å²) in [6.45, 7) is 2.47. The largest absolute Gasteiger partial charge is 0.396 e. The maximum atomic E-state index is 11.3. The summed E-state index contributed by atoms with van der Waals surface area (Å²) in [5.41, 5.74) is -0.928. The van der Waals surface area contributed by atoms with Crippen LogP contribution >= 0.6 is 0 Å². The van der Waals surface area contributed by atoms with Gasteiger partial charge in [0, 0.05) is 39.7 Å². The molecule has 0 saturated carbocycles. The second-order valence-electron chi connectivity index (χ2n) is 4.20. The van der Waals surface area contributed by atoms with Crippen molar-refractivity contribution in [2.45, 2.75) is 38.2 Å². The van der Waals surface area contributed by atoms with E-state index in [9.17, 15) is 9.90 Å². The van der Waals surface area contributed by atoms with Crippen LogP contribution in [0.15, 0.2) is 0 Å². The number of nitrogens with one attached hydrogen (secondary N) is 1. The number of methoxy groups -OCH3 is 1. The molecule has 96 valence electrons. The van der Waals surface area contributed by atoms with Crippen molar-refractivity contribution in [3.63, 3.8) is 0 Å². The maximum absolute atomic E-state index is 11.3. The molecule has 0 spiro atoms. The van der Waals surface area contributed by atoms with Gasteiger partial charge in [-0.3, -0.25) is 4.79 Å². The molecule has 0 aliphatic rings. The highest BCUT2D eigenvalue weighted by molar-refractivity contribution is 5.75. The molecule has 0 aromatic rings. The normalized spacial score (nSPS) is 14.5. The van der Waals surface area contributed by atoms with Gasteiger partial charge in [-0.15, -0.1) is 0 Å². The Bertz CT molecular complexity index is 194. The molecule has 0 aromatic heterocycles. The number of aliphatic hydroxyl groups is 2. The molecule has 5 nitrogen and oxygen atoms in total. The van der Waals surface area contributed by atoms with Gasteiger partial charge in [-0.25, -0.2) is 0 Å². The molecule has 1 amide bonds. The summed E-state index contributed by atoms with van der Waals surface area (Å²) in [7, 11) is 1.57. The average Bonchev–Trinajstić information content (AvgIpc) is 2.24. The lowest BCUT2D eigenvalue weighted by Gasteiger charge is -2.23. The zero-order valence-electron chi connectivity index (χ0n) is 10.2. The van der Waals surface area contributed by atoms with Crippen molar-refractivity contribution in [3.05, 3.63) is 0 Å². The number of carbonyl (C=O) groups excluding carboxylic acids is 1. The first-order valence-electron chi connectivity index (χ1n) is 5.61. The van der Waals surface area contributed by atoms with Gasteiger partial charge in [-0.1, -0.05) is 0 Å². The summed E-state index contributed by atoms with van der Waals surface area (Å²) in [6, 6.07) is 0. The van der Waals surface area contributed by atoms with E-state index in [0.29, 0.717) is 32.3 Å². The molecule has 0 aliphatic carbocycles. The van der Waals surface area contributed by atoms with Crippen molar-refractivity contribution in [2.24, 2.45) is 0 Å². The van der Waals surface area contributed by atoms with Crippen molar-refractivity contribution in [1.82, 2.24) is 5.32 Å². The van der Waals surface area contributed by atoms with E-state index in [0.717, 1.165) is 0 Å². The minimum absolute atomic E-state index is 0.0915. The van der Waals surface area contributed by atoms with Crippen molar-refractivity contribution in [1.29, 1.82) is 0 Å². The van der Waals surface area contributed by atoms with E-state index in [-0.39, 0.29) is 19.1 Å². The number of unbranched alkanes of at least 4 members (excludes halogenated alkanes) is 1. The number of carbonyl (C=O) groups is 1. The Morgan fingerprint density at radius 3 is 2.69 bits per heavy atom. The van der Waals surface area contributed by atoms with Gasteiger partial charge in [0.15, 0.2) is 0 Å². The molecule has 0 fully saturated rings. The van der Waals surface area contributed by atoms with E-state index >= 15 is 0 Å². The number of aliphatic hydroxyl groups excluding tert-OH is 1. The Morgan fingerprint density at radius 2 is 2.12 bits per heavy atom. The van der Waals surface area contributed by atoms with Crippen LogP contribution in [0.1, 0.15) is 32.6 Å². The van der Waals surface area contributed by atoms with Crippen LogP contribution in [0.3, 0.4) is 0 Å². The summed E-state index contributed by atoms with van der Waals surface area (Å²) in [5.74, 6) is -0.0915. The smallest absolute Gasteiger partial charge is 0.220 e. The van der Waals surface area contributed by atoms with Crippen LogP contribution in [0.2, 0.25) is 0 Å². The van der Waals surface area contributed by atoms with Crippen LogP contribution < -0.4 is 5.32 Å². The third-order valence-corrected chi connectivity index (χ3v) is 2.32. The third kappa shape index (κ3) is 8.64. The fraction of sp³-hybridized carbons (Fsp3) is 0.909. The first-order chi connectivity index (χ1) is 7.52. The van der Waals surface area contributed by atoms with Crippen molar-refractivity contribution < 1.29 is 19.7 Å². The molecule has 0 bridgehead atoms. The highest BCUT2D eigenvalue weighted by atomic mass is 16.5. The highest BCUT2D eigenvalue weighted by Crippen LogP contribution is 2.07. The van der Waals surface area contributed by atoms with Crippen molar-refractivity contribution in [2.75, 3.05) is 26.9 Å². The molecule has 1 atom stereocenters. The summed E-state index contributed by atoms with van der Waals surface area (Å²) >= 11 is 0. The number of ether oxygens (including phenoxy) is 1. The second kappa shape index (κ2) is 8.50. The summed E-state index contributed by atoms with van der Waals surface area (Å²) in [4.78, 5) is 11.3. The van der Waals surface area contributed by atoms with Gasteiger partial charge in [0.2, 0.25) is 5.91 Å². The summed E-state index contributed by atoms with van der Waals surface area (Å²) < 4.78 is 4.86. The van der Waals surface area contributed by atoms with Crippen LogP contribution in [0, 0.1) is 0 Å². The van der Waals surface area contributed by atoms with Gasteiger partial charge in [-0.05, 0) is 19.8 Å². The van der Waals surface area contributed by atoms with Gasteiger partial charge in [0.25, 0.3) is 0 Å². The molecular formula is C11H23NO4. The van der Waals surface area contributed by atoms with Crippen LogP contribution in [0.4, 0.5) is 0 Å². The minimum atomic E-state index is -0.928. The van der Waals surface area contributed by atoms with Gasteiger partial charge >= 0.3 is 0 Å². The Balaban J connectivity index is 3.64. The Morgan fingerprint density at radius 1 is 1.44 bits per heavy atom. The molecule has 0 rings (SSSR count).